The zero-order valence-electron chi connectivity index (χ0n) is 20.8. The number of rotatable bonds is 6. The number of nitrogens with zero attached hydrogens (tertiary/aromatic N) is 4. The van der Waals surface area contributed by atoms with Crippen molar-refractivity contribution >= 4 is 28.0 Å². The van der Waals surface area contributed by atoms with Crippen LogP contribution in [0.5, 0.6) is 0 Å². The molecular weight excluding hydrogens is 516 g/mol. The molecule has 0 saturated carbocycles. The van der Waals surface area contributed by atoms with Gasteiger partial charge >= 0.3 is 5.97 Å². The van der Waals surface area contributed by atoms with Crippen LogP contribution in [-0.4, -0.2) is 60.7 Å². The summed E-state index contributed by atoms with van der Waals surface area (Å²) in [7, 11) is -3.63. The number of carbonyl (C=O) groups is 1. The number of sulfonamides is 1. The molecule has 1 fully saturated rings. The Morgan fingerprint density at radius 2 is 1.49 bits per heavy atom. The molecule has 0 N–H and O–H groups in total. The van der Waals surface area contributed by atoms with Crippen LogP contribution in [0.3, 0.4) is 0 Å². The van der Waals surface area contributed by atoms with Crippen LogP contribution < -0.4 is 0 Å². The number of ether oxygens (including phenoxy) is 2. The number of benzene rings is 3. The molecule has 0 aliphatic carbocycles. The van der Waals surface area contributed by atoms with Crippen molar-refractivity contribution in [3.63, 3.8) is 0 Å². The highest BCUT2D eigenvalue weighted by Crippen LogP contribution is 2.28. The minimum Gasteiger partial charge on any atom is -0.402 e. The fourth-order valence-corrected chi connectivity index (χ4v) is 5.82. The van der Waals surface area contributed by atoms with Crippen LogP contribution in [0.15, 0.2) is 107 Å². The predicted molar refractivity (Wildman–Crippen MR) is 146 cm³/mol. The smallest absolute Gasteiger partial charge is 0.363 e. The van der Waals surface area contributed by atoms with Crippen LogP contribution in [0.25, 0.3) is 23.0 Å². The summed E-state index contributed by atoms with van der Waals surface area (Å²) >= 11 is 0. The highest BCUT2D eigenvalue weighted by molar-refractivity contribution is 7.89. The van der Waals surface area contributed by atoms with Gasteiger partial charge in [-0.25, -0.2) is 22.9 Å². The summed E-state index contributed by atoms with van der Waals surface area (Å²) in [6.07, 6.45) is 3.50. The number of carbonyl (C=O) groups excluding carboxylic acids is 1. The largest absolute Gasteiger partial charge is 0.402 e. The molecule has 0 unspecified atom stereocenters. The Bertz CT molecular complexity index is 1670. The fourth-order valence-electron chi connectivity index (χ4n) is 4.41. The number of morpholine rings is 1. The monoisotopic (exact) mass is 540 g/mol. The molecule has 6 rings (SSSR count). The molecule has 2 aliphatic heterocycles. The first-order chi connectivity index (χ1) is 19.0. The van der Waals surface area contributed by atoms with E-state index in [1.807, 2.05) is 66.9 Å². The van der Waals surface area contributed by atoms with Gasteiger partial charge in [-0.05, 0) is 42.5 Å². The van der Waals surface area contributed by atoms with E-state index < -0.39 is 16.0 Å². The van der Waals surface area contributed by atoms with Crippen molar-refractivity contribution in [2.24, 2.45) is 4.99 Å². The number of hydrogen-bond donors (Lipinski definition) is 0. The van der Waals surface area contributed by atoms with Gasteiger partial charge < -0.3 is 9.47 Å². The third-order valence-corrected chi connectivity index (χ3v) is 8.35. The lowest BCUT2D eigenvalue weighted by Crippen LogP contribution is -2.40. The third-order valence-electron chi connectivity index (χ3n) is 6.43. The van der Waals surface area contributed by atoms with Crippen LogP contribution in [-0.2, 0) is 24.3 Å². The number of aliphatic imine (C=N–C) groups is 1. The Morgan fingerprint density at radius 1 is 0.821 bits per heavy atom. The molecule has 1 saturated heterocycles. The lowest BCUT2D eigenvalue weighted by Gasteiger charge is -2.26. The van der Waals surface area contributed by atoms with Crippen molar-refractivity contribution < 1.29 is 22.7 Å². The molecule has 9 nitrogen and oxygen atoms in total. The molecule has 0 atom stereocenters. The van der Waals surface area contributed by atoms with E-state index >= 15 is 0 Å². The lowest BCUT2D eigenvalue weighted by molar-refractivity contribution is -0.129. The maximum atomic E-state index is 12.9. The molecule has 3 aromatic carbocycles. The first-order valence-corrected chi connectivity index (χ1v) is 13.8. The van der Waals surface area contributed by atoms with E-state index in [0.717, 1.165) is 11.3 Å². The molecule has 10 heteroatoms. The summed E-state index contributed by atoms with van der Waals surface area (Å²) in [5.74, 6) is -0.486. The van der Waals surface area contributed by atoms with Crippen molar-refractivity contribution in [2.45, 2.75) is 4.90 Å². The Labute approximate surface area is 225 Å². The maximum absolute atomic E-state index is 12.9. The molecule has 0 bridgehead atoms. The average molecular weight is 541 g/mol. The average Bonchev–Trinajstić information content (AvgIpc) is 3.58. The van der Waals surface area contributed by atoms with Gasteiger partial charge in [-0.3, -0.25) is 0 Å². The lowest BCUT2D eigenvalue weighted by atomic mass is 10.1. The fraction of sp³-hybridized carbons (Fsp3) is 0.138. The Hall–Kier alpha value is -4.38. The molecule has 1 aromatic heterocycles. The quantitative estimate of drug-likeness (QED) is 0.272. The Morgan fingerprint density at radius 3 is 2.18 bits per heavy atom. The maximum Gasteiger partial charge on any atom is 0.363 e. The summed E-state index contributed by atoms with van der Waals surface area (Å²) in [6.45, 7) is 1.37. The van der Waals surface area contributed by atoms with Gasteiger partial charge in [0.1, 0.15) is 5.69 Å². The van der Waals surface area contributed by atoms with Crippen LogP contribution >= 0.6 is 0 Å². The number of hydrogen-bond acceptors (Lipinski definition) is 7. The zero-order chi connectivity index (χ0) is 26.8. The van der Waals surface area contributed by atoms with Gasteiger partial charge in [-0.1, -0.05) is 48.5 Å². The molecule has 196 valence electrons. The molecule has 0 radical (unpaired) electrons. The second-order valence-electron chi connectivity index (χ2n) is 8.96. The first kappa shape index (κ1) is 24.9. The summed E-state index contributed by atoms with van der Waals surface area (Å²) in [5.41, 5.74) is 3.79. The van der Waals surface area contributed by atoms with Gasteiger partial charge in [-0.15, -0.1) is 0 Å². The molecular formula is C29H24N4O5S. The van der Waals surface area contributed by atoms with E-state index in [0.29, 0.717) is 43.1 Å². The summed E-state index contributed by atoms with van der Waals surface area (Å²) in [4.78, 5) is 17.4. The third kappa shape index (κ3) is 5.05. The predicted octanol–water partition coefficient (Wildman–Crippen LogP) is 3.90. The Kier molecular flexibility index (Phi) is 6.65. The van der Waals surface area contributed by atoms with Crippen LogP contribution in [0, 0.1) is 0 Å². The molecule has 39 heavy (non-hydrogen) atoms. The normalized spacial score (nSPS) is 17.3. The summed E-state index contributed by atoms with van der Waals surface area (Å²) in [5, 5.41) is 4.77. The molecule has 0 spiro atoms. The minimum absolute atomic E-state index is 0.110. The van der Waals surface area contributed by atoms with Crippen LogP contribution in [0.1, 0.15) is 11.1 Å². The van der Waals surface area contributed by atoms with E-state index in [-0.39, 0.29) is 16.5 Å². The molecule has 0 amide bonds. The highest BCUT2D eigenvalue weighted by Gasteiger charge is 2.28. The molecule has 2 aliphatic rings. The first-order valence-electron chi connectivity index (χ1n) is 12.4. The van der Waals surface area contributed by atoms with Crippen molar-refractivity contribution in [1.82, 2.24) is 14.1 Å². The summed E-state index contributed by atoms with van der Waals surface area (Å²) in [6, 6.07) is 25.5. The zero-order valence-corrected chi connectivity index (χ0v) is 21.6. The van der Waals surface area contributed by atoms with E-state index in [1.54, 1.807) is 22.9 Å². The second kappa shape index (κ2) is 10.4. The molecule has 3 heterocycles. The van der Waals surface area contributed by atoms with Crippen molar-refractivity contribution in [3.8, 4) is 16.9 Å². The van der Waals surface area contributed by atoms with Crippen LogP contribution in [0.4, 0.5) is 0 Å². The van der Waals surface area contributed by atoms with Gasteiger partial charge in [0.05, 0.1) is 23.8 Å². The SMILES string of the molecule is O=C1OC(c2ccc(S(=O)(=O)N3CCOCC3)cc2)=N/C1=C/c1cn(-c2ccccc2)nc1-c1ccccc1. The van der Waals surface area contributed by atoms with Gasteiger partial charge in [0.2, 0.25) is 15.9 Å². The number of esters is 1. The van der Waals surface area contributed by atoms with Gasteiger partial charge in [0.15, 0.2) is 5.70 Å². The number of aromatic nitrogens is 2. The van der Waals surface area contributed by atoms with Gasteiger partial charge in [0, 0.05) is 36.0 Å². The number of cyclic esters (lactones) is 1. The topological polar surface area (TPSA) is 103 Å². The van der Waals surface area contributed by atoms with Gasteiger partial charge in [-0.2, -0.15) is 9.40 Å². The van der Waals surface area contributed by atoms with Crippen molar-refractivity contribution in [1.29, 1.82) is 0 Å². The highest BCUT2D eigenvalue weighted by atomic mass is 32.2. The minimum atomic E-state index is -3.63. The van der Waals surface area contributed by atoms with Crippen LogP contribution in [0.2, 0.25) is 0 Å². The second-order valence-corrected chi connectivity index (χ2v) is 10.9. The van der Waals surface area contributed by atoms with Gasteiger partial charge in [0.25, 0.3) is 0 Å². The van der Waals surface area contributed by atoms with Crippen molar-refractivity contribution in [2.75, 3.05) is 26.3 Å². The van der Waals surface area contributed by atoms with E-state index in [1.165, 1.54) is 16.4 Å². The summed E-state index contributed by atoms with van der Waals surface area (Å²) < 4.78 is 39.7. The van der Waals surface area contributed by atoms with E-state index in [2.05, 4.69) is 4.99 Å². The van der Waals surface area contributed by atoms with E-state index in [4.69, 9.17) is 14.6 Å². The standard InChI is InChI=1S/C29H24N4O5S/c34-29-26(19-23-20-33(24-9-5-2-6-10-24)31-27(23)21-7-3-1-4-8-21)30-28(38-29)22-11-13-25(14-12-22)39(35,36)32-15-17-37-18-16-32/h1-14,19-20H,15-18H2/b26-19+. The molecule has 4 aromatic rings. The number of para-hydroxylation sites is 1. The van der Waals surface area contributed by atoms with Crippen molar-refractivity contribution in [3.05, 3.63) is 108 Å². The Balaban J connectivity index is 1.32. The van der Waals surface area contributed by atoms with E-state index in [9.17, 15) is 13.2 Å².